The molecular weight excluding hydrogens is 334 g/mol. The molecule has 6 nitrogen and oxygen atoms in total. The first-order valence-electron chi connectivity index (χ1n) is 8.28. The minimum absolute atomic E-state index is 0.112. The van der Waals surface area contributed by atoms with Gasteiger partial charge in [-0.3, -0.25) is 9.59 Å². The van der Waals surface area contributed by atoms with Crippen LogP contribution in [0.15, 0.2) is 36.4 Å². The number of hydrogen-bond donors (Lipinski definition) is 3. The molecule has 0 heterocycles. The molecule has 0 saturated heterocycles. The molecule has 0 atom stereocenters. The van der Waals surface area contributed by atoms with Gasteiger partial charge in [-0.1, -0.05) is 25.1 Å². The van der Waals surface area contributed by atoms with Crippen molar-refractivity contribution in [1.82, 2.24) is 0 Å². The van der Waals surface area contributed by atoms with Crippen molar-refractivity contribution >= 4 is 17.4 Å². The lowest BCUT2D eigenvalue weighted by atomic mass is 10.1. The van der Waals surface area contributed by atoms with E-state index in [2.05, 4.69) is 6.92 Å². The van der Waals surface area contributed by atoms with Gasteiger partial charge < -0.3 is 20.2 Å². The van der Waals surface area contributed by atoms with E-state index in [4.69, 9.17) is 15.3 Å². The third kappa shape index (κ3) is 5.51. The molecule has 1 amide bonds. The van der Waals surface area contributed by atoms with Gasteiger partial charge >= 0.3 is 0 Å². The fraction of sp³-hybridized carbons (Fsp3) is 0.300. The van der Waals surface area contributed by atoms with Crippen LogP contribution in [0.5, 0.6) is 17.2 Å². The molecule has 0 aliphatic heterocycles. The number of phenols is 3. The van der Waals surface area contributed by atoms with Crippen molar-refractivity contribution in [3.63, 3.8) is 0 Å². The normalized spacial score (nSPS) is 9.85. The molecule has 0 radical (unpaired) electrons. The average Bonchev–Trinajstić information content (AvgIpc) is 2.58. The molecular formula is C20H25NO5. The first-order chi connectivity index (χ1) is 12.2. The summed E-state index contributed by atoms with van der Waals surface area (Å²) in [5, 5.41) is 26.8. The van der Waals surface area contributed by atoms with Gasteiger partial charge in [0.05, 0.1) is 0 Å². The highest BCUT2D eigenvalue weighted by atomic mass is 16.3. The number of para-hydroxylation sites is 1. The van der Waals surface area contributed by atoms with Gasteiger partial charge in [-0.15, -0.1) is 0 Å². The molecule has 0 fully saturated rings. The molecule has 3 N–H and O–H groups in total. The molecule has 0 unspecified atom stereocenters. The van der Waals surface area contributed by atoms with Gasteiger partial charge in [0.2, 0.25) is 5.91 Å². The van der Waals surface area contributed by atoms with Crippen molar-refractivity contribution in [3.05, 3.63) is 47.5 Å². The van der Waals surface area contributed by atoms with E-state index in [1.54, 1.807) is 6.92 Å². The lowest BCUT2D eigenvalue weighted by Gasteiger charge is -2.22. The van der Waals surface area contributed by atoms with Crippen molar-refractivity contribution < 1.29 is 24.9 Å². The van der Waals surface area contributed by atoms with Crippen LogP contribution >= 0.6 is 0 Å². The predicted molar refractivity (Wildman–Crippen MR) is 101 cm³/mol. The van der Waals surface area contributed by atoms with Gasteiger partial charge in [0.15, 0.2) is 23.0 Å². The quantitative estimate of drug-likeness (QED) is 0.570. The monoisotopic (exact) mass is 359 g/mol. The Bertz CT molecular complexity index is 763. The minimum atomic E-state index is -0.611. The molecule has 0 aromatic heterocycles. The number of carbonyl (C=O) groups excluding carboxylic acids is 2. The zero-order chi connectivity index (χ0) is 19.9. The summed E-state index contributed by atoms with van der Waals surface area (Å²) in [4.78, 5) is 24.0. The molecule has 2 aromatic rings. The summed E-state index contributed by atoms with van der Waals surface area (Å²) in [7, 11) is 0. The second-order valence-corrected chi connectivity index (χ2v) is 5.88. The Kier molecular flexibility index (Phi) is 7.65. The summed E-state index contributed by atoms with van der Waals surface area (Å²) in [5.41, 5.74) is 2.33. The van der Waals surface area contributed by atoms with Crippen molar-refractivity contribution in [1.29, 1.82) is 0 Å². The summed E-state index contributed by atoms with van der Waals surface area (Å²) in [6.07, 6.45) is 0.980. The Balaban J connectivity index is 0.000000263. The number of benzene rings is 2. The first-order valence-corrected chi connectivity index (χ1v) is 8.28. The lowest BCUT2D eigenvalue weighted by molar-refractivity contribution is -0.116. The molecule has 0 aliphatic carbocycles. The number of aryl methyl sites for hydroxylation is 1. The fourth-order valence-corrected chi connectivity index (χ4v) is 2.34. The van der Waals surface area contributed by atoms with E-state index in [1.165, 1.54) is 6.92 Å². The highest BCUT2D eigenvalue weighted by Gasteiger charge is 2.11. The number of carbonyl (C=O) groups is 2. The van der Waals surface area contributed by atoms with E-state index in [-0.39, 0.29) is 17.3 Å². The smallest absolute Gasteiger partial charge is 0.223 e. The molecule has 0 saturated carbocycles. The van der Waals surface area contributed by atoms with E-state index in [1.807, 2.05) is 36.1 Å². The van der Waals surface area contributed by atoms with Crippen molar-refractivity contribution in [2.24, 2.45) is 0 Å². The van der Waals surface area contributed by atoms with Crippen molar-refractivity contribution in [2.75, 3.05) is 11.4 Å². The third-order valence-corrected chi connectivity index (χ3v) is 3.71. The lowest BCUT2D eigenvalue weighted by Crippen LogP contribution is -2.29. The Morgan fingerprint density at radius 3 is 1.96 bits per heavy atom. The zero-order valence-corrected chi connectivity index (χ0v) is 15.5. The first kappa shape index (κ1) is 21.0. The van der Waals surface area contributed by atoms with Gasteiger partial charge in [0.1, 0.15) is 0 Å². The summed E-state index contributed by atoms with van der Waals surface area (Å²) in [6, 6.07) is 10.2. The van der Waals surface area contributed by atoms with Crippen LogP contribution in [-0.2, 0) is 4.79 Å². The Labute approximate surface area is 153 Å². The SMILES string of the molecule is CC(=O)c1cc(O)c(O)c(O)c1.CCCN(C(C)=O)c1ccccc1C. The van der Waals surface area contributed by atoms with Gasteiger partial charge in [-0.2, -0.15) is 0 Å². The Hall–Kier alpha value is -3.02. The number of anilines is 1. The molecule has 26 heavy (non-hydrogen) atoms. The number of nitrogens with zero attached hydrogens (tertiary/aromatic N) is 1. The van der Waals surface area contributed by atoms with Crippen LogP contribution in [0.1, 0.15) is 43.1 Å². The number of aromatic hydroxyl groups is 3. The fourth-order valence-electron chi connectivity index (χ4n) is 2.34. The maximum atomic E-state index is 11.4. The van der Waals surface area contributed by atoms with Gasteiger partial charge in [-0.25, -0.2) is 0 Å². The number of ketones is 1. The van der Waals surface area contributed by atoms with Crippen LogP contribution in [0.3, 0.4) is 0 Å². The van der Waals surface area contributed by atoms with Crippen molar-refractivity contribution in [2.45, 2.75) is 34.1 Å². The minimum Gasteiger partial charge on any atom is -0.504 e. The van der Waals surface area contributed by atoms with E-state index in [9.17, 15) is 9.59 Å². The van der Waals surface area contributed by atoms with E-state index < -0.39 is 17.2 Å². The van der Waals surface area contributed by atoms with Crippen LogP contribution in [-0.4, -0.2) is 33.6 Å². The standard InChI is InChI=1S/C12H17NO.C8H8O4/c1-4-9-13(11(3)14)12-8-6-5-7-10(12)2;1-4(9)5-2-6(10)8(12)7(11)3-5/h5-8H,4,9H2,1-3H3;2-3,10-12H,1H3. The summed E-state index contributed by atoms with van der Waals surface area (Å²) >= 11 is 0. The Morgan fingerprint density at radius 2 is 1.54 bits per heavy atom. The zero-order valence-electron chi connectivity index (χ0n) is 15.5. The summed E-state index contributed by atoms with van der Waals surface area (Å²) in [5.74, 6) is -1.79. The Morgan fingerprint density at radius 1 is 1.00 bits per heavy atom. The largest absolute Gasteiger partial charge is 0.504 e. The third-order valence-electron chi connectivity index (χ3n) is 3.71. The van der Waals surface area contributed by atoms with Crippen LogP contribution in [0.2, 0.25) is 0 Å². The number of Topliss-reactive ketones (excluding diaryl/α,β-unsaturated/α-hetero) is 1. The van der Waals surface area contributed by atoms with E-state index in [0.717, 1.165) is 36.3 Å². The molecule has 0 bridgehead atoms. The second-order valence-electron chi connectivity index (χ2n) is 5.88. The van der Waals surface area contributed by atoms with E-state index in [0.29, 0.717) is 0 Å². The van der Waals surface area contributed by atoms with Crippen LogP contribution < -0.4 is 4.90 Å². The topological polar surface area (TPSA) is 98.1 Å². The van der Waals surface area contributed by atoms with Gasteiger partial charge in [0, 0.05) is 24.7 Å². The molecule has 140 valence electrons. The van der Waals surface area contributed by atoms with Crippen LogP contribution in [0, 0.1) is 6.92 Å². The molecule has 2 aromatic carbocycles. The van der Waals surface area contributed by atoms with Crippen LogP contribution in [0.25, 0.3) is 0 Å². The van der Waals surface area contributed by atoms with E-state index >= 15 is 0 Å². The molecule has 0 spiro atoms. The van der Waals surface area contributed by atoms with Crippen LogP contribution in [0.4, 0.5) is 5.69 Å². The number of hydrogen-bond acceptors (Lipinski definition) is 5. The number of phenolic OH excluding ortho intramolecular Hbond substituents is 3. The average molecular weight is 359 g/mol. The van der Waals surface area contributed by atoms with Crippen molar-refractivity contribution in [3.8, 4) is 17.2 Å². The maximum absolute atomic E-state index is 11.4. The number of amides is 1. The predicted octanol–water partition coefficient (Wildman–Crippen LogP) is 3.76. The maximum Gasteiger partial charge on any atom is 0.223 e. The molecule has 0 aliphatic rings. The molecule has 6 heteroatoms. The highest BCUT2D eigenvalue weighted by molar-refractivity contribution is 5.95. The summed E-state index contributed by atoms with van der Waals surface area (Å²) in [6.45, 7) is 7.81. The second kappa shape index (κ2) is 9.46. The molecule has 2 rings (SSSR count). The number of rotatable bonds is 4. The summed E-state index contributed by atoms with van der Waals surface area (Å²) < 4.78 is 0. The van der Waals surface area contributed by atoms with Gasteiger partial charge in [-0.05, 0) is 44.0 Å². The highest BCUT2D eigenvalue weighted by Crippen LogP contribution is 2.35. The van der Waals surface area contributed by atoms with Gasteiger partial charge in [0.25, 0.3) is 0 Å².